The van der Waals surface area contributed by atoms with Crippen molar-refractivity contribution in [2.45, 2.75) is 64.6 Å². The summed E-state index contributed by atoms with van der Waals surface area (Å²) in [5.41, 5.74) is 3.01. The van der Waals surface area contributed by atoms with Crippen molar-refractivity contribution in [3.05, 3.63) is 95.3 Å². The van der Waals surface area contributed by atoms with Gasteiger partial charge in [0.2, 0.25) is 11.8 Å². The van der Waals surface area contributed by atoms with Crippen molar-refractivity contribution in [1.29, 1.82) is 0 Å². The third-order valence-electron chi connectivity index (χ3n) is 6.61. The smallest absolute Gasteiger partial charge is 0.264 e. The van der Waals surface area contributed by atoms with Gasteiger partial charge in [0.1, 0.15) is 18.4 Å². The Kier molecular flexibility index (Phi) is 9.86. The molecular weight excluding hydrogens is 517 g/mol. The summed E-state index contributed by atoms with van der Waals surface area (Å²) in [6, 6.07) is 17.8. The highest BCUT2D eigenvalue weighted by atomic mass is 32.2. The Labute approximate surface area is 230 Å². The highest BCUT2D eigenvalue weighted by Crippen LogP contribution is 2.25. The Hall–Kier alpha value is -3.72. The average Bonchev–Trinajstić information content (AvgIpc) is 2.90. The molecule has 3 rings (SSSR count). The molecule has 0 radical (unpaired) electrons. The molecule has 7 nitrogen and oxygen atoms in total. The van der Waals surface area contributed by atoms with Gasteiger partial charge in [-0.15, -0.1) is 0 Å². The Morgan fingerprint density at radius 1 is 0.923 bits per heavy atom. The fourth-order valence-corrected chi connectivity index (χ4v) is 5.44. The maximum absolute atomic E-state index is 13.9. The van der Waals surface area contributed by atoms with Crippen LogP contribution in [0, 0.1) is 19.7 Å². The molecule has 9 heteroatoms. The number of hydrogen-bond acceptors (Lipinski definition) is 4. The van der Waals surface area contributed by atoms with Crippen LogP contribution >= 0.6 is 0 Å². The monoisotopic (exact) mass is 553 g/mol. The van der Waals surface area contributed by atoms with E-state index in [1.165, 1.54) is 17.0 Å². The zero-order chi connectivity index (χ0) is 28.7. The zero-order valence-electron chi connectivity index (χ0n) is 23.0. The summed E-state index contributed by atoms with van der Waals surface area (Å²) in [6.45, 7) is 8.84. The highest BCUT2D eigenvalue weighted by Gasteiger charge is 2.32. The SMILES string of the molecule is CCC(C)NC(=O)C(C)N(Cc1cccc(C)c1)C(=O)CN(c1ccc(C)cc1)S(=O)(=O)c1ccc(F)cc1. The van der Waals surface area contributed by atoms with Crippen molar-refractivity contribution in [1.82, 2.24) is 10.2 Å². The van der Waals surface area contributed by atoms with Crippen LogP contribution in [0.5, 0.6) is 0 Å². The summed E-state index contributed by atoms with van der Waals surface area (Å²) < 4.78 is 42.0. The number of benzene rings is 3. The fraction of sp³-hybridized carbons (Fsp3) is 0.333. The molecule has 0 bridgehead atoms. The second kappa shape index (κ2) is 12.9. The third-order valence-corrected chi connectivity index (χ3v) is 8.39. The third kappa shape index (κ3) is 7.66. The van der Waals surface area contributed by atoms with Gasteiger partial charge in [-0.3, -0.25) is 13.9 Å². The van der Waals surface area contributed by atoms with Crippen LogP contribution in [0.25, 0.3) is 0 Å². The molecule has 208 valence electrons. The number of amides is 2. The molecule has 2 atom stereocenters. The number of carbonyl (C=O) groups excluding carboxylic acids is 2. The largest absolute Gasteiger partial charge is 0.352 e. The normalized spacial score (nSPS) is 12.9. The van der Waals surface area contributed by atoms with Crippen molar-refractivity contribution in [3.63, 3.8) is 0 Å². The minimum absolute atomic E-state index is 0.0845. The lowest BCUT2D eigenvalue weighted by Crippen LogP contribution is -2.52. The molecule has 3 aromatic rings. The van der Waals surface area contributed by atoms with Gasteiger partial charge in [0, 0.05) is 12.6 Å². The van der Waals surface area contributed by atoms with E-state index in [1.807, 2.05) is 52.0 Å². The predicted octanol–water partition coefficient (Wildman–Crippen LogP) is 4.97. The second-order valence-electron chi connectivity index (χ2n) is 9.81. The molecule has 0 saturated carbocycles. The van der Waals surface area contributed by atoms with Crippen molar-refractivity contribution >= 4 is 27.5 Å². The molecule has 3 aromatic carbocycles. The van der Waals surface area contributed by atoms with Gasteiger partial charge >= 0.3 is 0 Å². The lowest BCUT2D eigenvalue weighted by Gasteiger charge is -2.32. The number of halogens is 1. The molecule has 2 unspecified atom stereocenters. The van der Waals surface area contributed by atoms with Crippen LogP contribution in [-0.4, -0.2) is 43.8 Å². The van der Waals surface area contributed by atoms with Gasteiger partial charge in [0.25, 0.3) is 10.0 Å². The van der Waals surface area contributed by atoms with E-state index in [1.54, 1.807) is 31.2 Å². The maximum atomic E-state index is 13.9. The lowest BCUT2D eigenvalue weighted by molar-refractivity contribution is -0.139. The van der Waals surface area contributed by atoms with Crippen LogP contribution in [-0.2, 0) is 26.2 Å². The van der Waals surface area contributed by atoms with Crippen LogP contribution in [0.1, 0.15) is 43.9 Å². The minimum Gasteiger partial charge on any atom is -0.352 e. The maximum Gasteiger partial charge on any atom is 0.264 e. The molecule has 0 saturated heterocycles. The summed E-state index contributed by atoms with van der Waals surface area (Å²) in [5.74, 6) is -1.44. The van der Waals surface area contributed by atoms with Crippen LogP contribution in [0.15, 0.2) is 77.7 Å². The molecule has 2 amide bonds. The van der Waals surface area contributed by atoms with Gasteiger partial charge in [-0.05, 0) is 76.1 Å². The number of anilines is 1. The first-order chi connectivity index (χ1) is 18.4. The van der Waals surface area contributed by atoms with Crippen LogP contribution in [0.4, 0.5) is 10.1 Å². The van der Waals surface area contributed by atoms with Crippen LogP contribution < -0.4 is 9.62 Å². The predicted molar refractivity (Wildman–Crippen MR) is 151 cm³/mol. The van der Waals surface area contributed by atoms with Crippen molar-refractivity contribution in [3.8, 4) is 0 Å². The lowest BCUT2D eigenvalue weighted by atomic mass is 10.1. The highest BCUT2D eigenvalue weighted by molar-refractivity contribution is 7.92. The Bertz CT molecular complexity index is 1390. The zero-order valence-corrected chi connectivity index (χ0v) is 23.8. The Balaban J connectivity index is 2.02. The van der Waals surface area contributed by atoms with Crippen LogP contribution in [0.2, 0.25) is 0 Å². The number of sulfonamides is 1. The molecule has 1 N–H and O–H groups in total. The molecule has 39 heavy (non-hydrogen) atoms. The second-order valence-corrected chi connectivity index (χ2v) is 11.7. The van der Waals surface area contributed by atoms with Gasteiger partial charge < -0.3 is 10.2 Å². The van der Waals surface area contributed by atoms with Gasteiger partial charge in [-0.2, -0.15) is 0 Å². The Morgan fingerprint density at radius 2 is 1.56 bits per heavy atom. The summed E-state index contributed by atoms with van der Waals surface area (Å²) in [4.78, 5) is 28.2. The summed E-state index contributed by atoms with van der Waals surface area (Å²) >= 11 is 0. The molecule has 0 aliphatic rings. The quantitative estimate of drug-likeness (QED) is 0.363. The summed E-state index contributed by atoms with van der Waals surface area (Å²) in [5, 5.41) is 2.91. The van der Waals surface area contributed by atoms with E-state index in [-0.39, 0.29) is 29.1 Å². The molecule has 0 spiro atoms. The van der Waals surface area contributed by atoms with Crippen molar-refractivity contribution in [2.24, 2.45) is 0 Å². The van der Waals surface area contributed by atoms with Gasteiger partial charge in [-0.1, -0.05) is 54.4 Å². The number of aryl methyl sites for hydroxylation is 2. The van der Waals surface area contributed by atoms with Gasteiger partial charge in [0.05, 0.1) is 10.6 Å². The number of nitrogens with zero attached hydrogens (tertiary/aromatic N) is 2. The molecule has 0 heterocycles. The van der Waals surface area contributed by atoms with E-state index in [2.05, 4.69) is 5.32 Å². The molecule has 0 aliphatic carbocycles. The van der Waals surface area contributed by atoms with Crippen LogP contribution in [0.3, 0.4) is 0 Å². The van der Waals surface area contributed by atoms with E-state index < -0.39 is 34.3 Å². The first-order valence-corrected chi connectivity index (χ1v) is 14.4. The topological polar surface area (TPSA) is 86.8 Å². The number of hydrogen-bond donors (Lipinski definition) is 1. The summed E-state index contributed by atoms with van der Waals surface area (Å²) in [6.07, 6.45) is 0.724. The number of carbonyl (C=O) groups is 2. The first kappa shape index (κ1) is 29.8. The standard InChI is InChI=1S/C30H36FN3O4S/c1-6-23(4)32-30(36)24(5)33(19-25-9-7-8-22(3)18-25)29(35)20-34(27-14-10-21(2)11-15-27)39(37,38)28-16-12-26(31)13-17-28/h7-18,23-24H,6,19-20H2,1-5H3,(H,32,36). The number of nitrogens with one attached hydrogen (secondary N) is 1. The first-order valence-electron chi connectivity index (χ1n) is 12.9. The summed E-state index contributed by atoms with van der Waals surface area (Å²) in [7, 11) is -4.24. The molecule has 0 aromatic heterocycles. The van der Waals surface area contributed by atoms with E-state index >= 15 is 0 Å². The van der Waals surface area contributed by atoms with Crippen molar-refractivity contribution in [2.75, 3.05) is 10.8 Å². The van der Waals surface area contributed by atoms with E-state index in [4.69, 9.17) is 0 Å². The average molecular weight is 554 g/mol. The molecule has 0 aliphatic heterocycles. The fourth-order valence-electron chi connectivity index (χ4n) is 4.03. The van der Waals surface area contributed by atoms with E-state index in [0.29, 0.717) is 0 Å². The van der Waals surface area contributed by atoms with E-state index in [9.17, 15) is 22.4 Å². The van der Waals surface area contributed by atoms with E-state index in [0.717, 1.165) is 39.5 Å². The van der Waals surface area contributed by atoms with Gasteiger partial charge in [-0.25, -0.2) is 12.8 Å². The molecular formula is C30H36FN3O4S. The molecule has 0 fully saturated rings. The van der Waals surface area contributed by atoms with Gasteiger partial charge in [0.15, 0.2) is 0 Å². The Morgan fingerprint density at radius 3 is 2.15 bits per heavy atom. The van der Waals surface area contributed by atoms with Crippen molar-refractivity contribution < 1.29 is 22.4 Å². The minimum atomic E-state index is -4.24. The number of rotatable bonds is 11.